The smallest absolute Gasteiger partial charge is 0.227 e. The van der Waals surface area contributed by atoms with Crippen molar-refractivity contribution < 1.29 is 4.79 Å². The van der Waals surface area contributed by atoms with Crippen LogP contribution in [0, 0.1) is 5.92 Å². The predicted octanol–water partition coefficient (Wildman–Crippen LogP) is 4.29. The fourth-order valence-electron chi connectivity index (χ4n) is 1.86. The van der Waals surface area contributed by atoms with Crippen molar-refractivity contribution in [3.05, 3.63) is 40.4 Å². The molecule has 1 amide bonds. The van der Waals surface area contributed by atoms with Gasteiger partial charge in [0.05, 0.1) is 10.7 Å². The second-order valence-electron chi connectivity index (χ2n) is 4.09. The molecule has 1 aliphatic carbocycles. The summed E-state index contributed by atoms with van der Waals surface area (Å²) >= 11 is 11.8. The van der Waals surface area contributed by atoms with Crippen LogP contribution in [0.15, 0.2) is 30.4 Å². The SMILES string of the molecule is O=C(Nc1ccc(Cl)cc1Cl)[C@H]1CC=CCC1. The number of carbonyl (C=O) groups is 1. The fraction of sp³-hybridized carbons (Fsp3) is 0.308. The van der Waals surface area contributed by atoms with Gasteiger partial charge in [-0.05, 0) is 37.5 Å². The number of amides is 1. The zero-order valence-electron chi connectivity index (χ0n) is 9.25. The molecule has 0 aromatic heterocycles. The van der Waals surface area contributed by atoms with Crippen molar-refractivity contribution in [1.29, 1.82) is 0 Å². The molecule has 1 aromatic carbocycles. The fourth-order valence-corrected chi connectivity index (χ4v) is 2.31. The Labute approximate surface area is 111 Å². The maximum Gasteiger partial charge on any atom is 0.227 e. The minimum Gasteiger partial charge on any atom is -0.325 e. The van der Waals surface area contributed by atoms with E-state index < -0.39 is 0 Å². The minimum atomic E-state index is 0.0265. The molecule has 1 atom stereocenters. The van der Waals surface area contributed by atoms with Crippen molar-refractivity contribution in [3.63, 3.8) is 0 Å². The number of anilines is 1. The first-order valence-electron chi connectivity index (χ1n) is 5.58. The number of halogens is 2. The molecule has 1 aromatic rings. The monoisotopic (exact) mass is 269 g/mol. The van der Waals surface area contributed by atoms with Crippen LogP contribution < -0.4 is 5.32 Å². The van der Waals surface area contributed by atoms with E-state index in [1.54, 1.807) is 18.2 Å². The van der Waals surface area contributed by atoms with E-state index in [-0.39, 0.29) is 11.8 Å². The lowest BCUT2D eigenvalue weighted by molar-refractivity contribution is -0.120. The lowest BCUT2D eigenvalue weighted by Gasteiger charge is -2.17. The normalized spacial score (nSPS) is 19.1. The van der Waals surface area contributed by atoms with Gasteiger partial charge >= 0.3 is 0 Å². The van der Waals surface area contributed by atoms with Crippen LogP contribution in [0.2, 0.25) is 10.0 Å². The topological polar surface area (TPSA) is 29.1 Å². The first-order chi connectivity index (χ1) is 8.16. The van der Waals surface area contributed by atoms with Crippen LogP contribution in [0.5, 0.6) is 0 Å². The molecular weight excluding hydrogens is 257 g/mol. The van der Waals surface area contributed by atoms with Gasteiger partial charge in [0, 0.05) is 10.9 Å². The summed E-state index contributed by atoms with van der Waals surface area (Å²) in [5.74, 6) is 0.0744. The molecule has 1 aliphatic rings. The highest BCUT2D eigenvalue weighted by Crippen LogP contribution is 2.27. The second kappa shape index (κ2) is 5.56. The Morgan fingerprint density at radius 3 is 2.76 bits per heavy atom. The molecule has 0 saturated heterocycles. The molecule has 17 heavy (non-hydrogen) atoms. The van der Waals surface area contributed by atoms with Crippen LogP contribution in [0.4, 0.5) is 5.69 Å². The summed E-state index contributed by atoms with van der Waals surface area (Å²) in [6.07, 6.45) is 6.83. The highest BCUT2D eigenvalue weighted by molar-refractivity contribution is 6.36. The van der Waals surface area contributed by atoms with Gasteiger partial charge in [0.2, 0.25) is 5.91 Å². The number of allylic oxidation sites excluding steroid dienone is 2. The van der Waals surface area contributed by atoms with Crippen molar-refractivity contribution in [1.82, 2.24) is 0 Å². The Hall–Kier alpha value is -0.990. The third kappa shape index (κ3) is 3.24. The number of hydrogen-bond acceptors (Lipinski definition) is 1. The van der Waals surface area contributed by atoms with Crippen LogP contribution >= 0.6 is 23.2 Å². The Morgan fingerprint density at radius 2 is 2.12 bits per heavy atom. The molecule has 0 aliphatic heterocycles. The van der Waals surface area contributed by atoms with E-state index in [9.17, 15) is 4.79 Å². The van der Waals surface area contributed by atoms with Crippen LogP contribution in [0.3, 0.4) is 0 Å². The standard InChI is InChI=1S/C13H13Cl2NO/c14-10-6-7-12(11(15)8-10)16-13(17)9-4-2-1-3-5-9/h1-2,6-9H,3-5H2,(H,16,17)/t9-/m0/s1. The first-order valence-corrected chi connectivity index (χ1v) is 6.33. The van der Waals surface area contributed by atoms with E-state index in [1.165, 1.54) is 0 Å². The summed E-state index contributed by atoms with van der Waals surface area (Å²) in [4.78, 5) is 12.0. The van der Waals surface area contributed by atoms with Gasteiger partial charge in [-0.25, -0.2) is 0 Å². The Kier molecular flexibility index (Phi) is 4.08. The van der Waals surface area contributed by atoms with Crippen molar-refractivity contribution in [2.24, 2.45) is 5.92 Å². The Bertz CT molecular complexity index is 457. The molecule has 0 bridgehead atoms. The van der Waals surface area contributed by atoms with Gasteiger partial charge in [0.1, 0.15) is 0 Å². The van der Waals surface area contributed by atoms with Gasteiger partial charge < -0.3 is 5.32 Å². The van der Waals surface area contributed by atoms with Crippen LogP contribution in [-0.4, -0.2) is 5.91 Å². The molecule has 0 fully saturated rings. The third-order valence-corrected chi connectivity index (χ3v) is 3.38. The van der Waals surface area contributed by atoms with E-state index in [0.717, 1.165) is 19.3 Å². The molecule has 0 heterocycles. The quantitative estimate of drug-likeness (QED) is 0.798. The summed E-state index contributed by atoms with van der Waals surface area (Å²) in [6.45, 7) is 0. The minimum absolute atomic E-state index is 0.0265. The van der Waals surface area contributed by atoms with Crippen LogP contribution in [-0.2, 0) is 4.79 Å². The maximum atomic E-state index is 12.0. The molecule has 4 heteroatoms. The summed E-state index contributed by atoms with van der Waals surface area (Å²) in [7, 11) is 0. The molecule has 0 saturated carbocycles. The number of nitrogens with one attached hydrogen (secondary N) is 1. The highest BCUT2D eigenvalue weighted by Gasteiger charge is 2.19. The molecule has 2 rings (SSSR count). The van der Waals surface area contributed by atoms with Gasteiger partial charge in [-0.1, -0.05) is 35.4 Å². The predicted molar refractivity (Wildman–Crippen MR) is 71.6 cm³/mol. The van der Waals surface area contributed by atoms with Crippen molar-refractivity contribution in [2.45, 2.75) is 19.3 Å². The van der Waals surface area contributed by atoms with Crippen molar-refractivity contribution >= 4 is 34.8 Å². The zero-order valence-corrected chi connectivity index (χ0v) is 10.8. The number of carbonyl (C=O) groups excluding carboxylic acids is 1. The molecule has 0 unspecified atom stereocenters. The average molecular weight is 270 g/mol. The van der Waals surface area contributed by atoms with Gasteiger partial charge in [-0.3, -0.25) is 4.79 Å². The van der Waals surface area contributed by atoms with E-state index >= 15 is 0 Å². The molecule has 90 valence electrons. The summed E-state index contributed by atoms with van der Waals surface area (Å²) in [5, 5.41) is 3.88. The Morgan fingerprint density at radius 1 is 1.29 bits per heavy atom. The van der Waals surface area contributed by atoms with E-state index in [2.05, 4.69) is 17.5 Å². The second-order valence-corrected chi connectivity index (χ2v) is 4.94. The summed E-state index contributed by atoms with van der Waals surface area (Å²) in [5.41, 5.74) is 0.621. The largest absolute Gasteiger partial charge is 0.325 e. The average Bonchev–Trinajstić information content (AvgIpc) is 2.34. The van der Waals surface area contributed by atoms with E-state index in [4.69, 9.17) is 23.2 Å². The molecular formula is C13H13Cl2NO. The van der Waals surface area contributed by atoms with Gasteiger partial charge in [0.25, 0.3) is 0 Å². The number of hydrogen-bond donors (Lipinski definition) is 1. The third-order valence-electron chi connectivity index (χ3n) is 2.83. The summed E-state index contributed by atoms with van der Waals surface area (Å²) in [6, 6.07) is 5.06. The van der Waals surface area contributed by atoms with Crippen LogP contribution in [0.25, 0.3) is 0 Å². The first kappa shape index (κ1) is 12.5. The summed E-state index contributed by atoms with van der Waals surface area (Å²) < 4.78 is 0. The van der Waals surface area contributed by atoms with Crippen LogP contribution in [0.1, 0.15) is 19.3 Å². The lowest BCUT2D eigenvalue weighted by atomic mass is 9.93. The molecule has 0 radical (unpaired) electrons. The molecule has 1 N–H and O–H groups in total. The molecule has 0 spiro atoms. The zero-order chi connectivity index (χ0) is 12.3. The number of benzene rings is 1. The van der Waals surface area contributed by atoms with Gasteiger partial charge in [-0.2, -0.15) is 0 Å². The molecule has 2 nitrogen and oxygen atoms in total. The Balaban J connectivity index is 2.05. The van der Waals surface area contributed by atoms with Gasteiger partial charge in [0.15, 0.2) is 0 Å². The highest BCUT2D eigenvalue weighted by atomic mass is 35.5. The van der Waals surface area contributed by atoms with E-state index in [1.807, 2.05) is 0 Å². The number of rotatable bonds is 2. The van der Waals surface area contributed by atoms with Crippen molar-refractivity contribution in [2.75, 3.05) is 5.32 Å². The van der Waals surface area contributed by atoms with Crippen molar-refractivity contribution in [3.8, 4) is 0 Å². The van der Waals surface area contributed by atoms with E-state index in [0.29, 0.717) is 15.7 Å². The lowest BCUT2D eigenvalue weighted by Crippen LogP contribution is -2.23. The maximum absolute atomic E-state index is 12.0. The van der Waals surface area contributed by atoms with Gasteiger partial charge in [-0.15, -0.1) is 0 Å².